The summed E-state index contributed by atoms with van der Waals surface area (Å²) >= 11 is 1.96. The highest BCUT2D eigenvalue weighted by Gasteiger charge is 2.49. The minimum Gasteiger partial charge on any atom is -0.329 e. The molecule has 2 bridgehead atoms. The van der Waals surface area contributed by atoms with Gasteiger partial charge in [0.05, 0.1) is 0 Å². The summed E-state index contributed by atoms with van der Waals surface area (Å²) in [4.78, 5) is 5.26. The lowest BCUT2D eigenvalue weighted by Gasteiger charge is -2.58. The summed E-state index contributed by atoms with van der Waals surface area (Å²) in [5, 5.41) is 0. The fraction of sp³-hybridized carbons (Fsp3) is 1.00. The van der Waals surface area contributed by atoms with E-state index in [0.29, 0.717) is 6.04 Å². The molecule has 3 saturated heterocycles. The first-order chi connectivity index (χ1) is 8.67. The summed E-state index contributed by atoms with van der Waals surface area (Å²) in [6.07, 6.45) is 6.13. The first kappa shape index (κ1) is 14.6. The van der Waals surface area contributed by atoms with Gasteiger partial charge in [0.15, 0.2) is 0 Å². The molecule has 0 aliphatic carbocycles. The van der Waals surface area contributed by atoms with E-state index < -0.39 is 0 Å². The molecule has 2 atom stereocenters. The van der Waals surface area contributed by atoms with E-state index in [1.165, 1.54) is 44.6 Å². The number of nitrogens with zero attached hydrogens (tertiary/aromatic N) is 2. The van der Waals surface area contributed by atoms with Crippen molar-refractivity contribution in [1.82, 2.24) is 9.80 Å². The molecule has 3 aliphatic rings. The summed E-state index contributed by atoms with van der Waals surface area (Å²) in [5.41, 5.74) is 6.48. The van der Waals surface area contributed by atoms with Gasteiger partial charge < -0.3 is 10.6 Å². The Morgan fingerprint density at radius 2 is 2.11 bits per heavy atom. The number of thioether (sulfide) groups is 1. The minimum absolute atomic E-state index is 0.243. The fourth-order valence-corrected chi connectivity index (χ4v) is 4.82. The van der Waals surface area contributed by atoms with Gasteiger partial charge in [-0.2, -0.15) is 11.8 Å². The van der Waals surface area contributed by atoms with E-state index in [1.807, 2.05) is 11.8 Å². The predicted octanol–water partition coefficient (Wildman–Crippen LogP) is 1.48. The summed E-state index contributed by atoms with van der Waals surface area (Å²) in [6.45, 7) is 6.90. The van der Waals surface area contributed by atoms with Crippen LogP contribution in [0.5, 0.6) is 0 Å². The van der Waals surface area contributed by atoms with Crippen molar-refractivity contribution in [3.05, 3.63) is 0 Å². The largest absolute Gasteiger partial charge is 0.329 e. The van der Waals surface area contributed by atoms with Gasteiger partial charge in [-0.05, 0) is 51.6 Å². The molecule has 2 N–H and O–H groups in total. The van der Waals surface area contributed by atoms with Crippen molar-refractivity contribution in [2.75, 3.05) is 45.2 Å². The van der Waals surface area contributed by atoms with Gasteiger partial charge in [-0.1, -0.05) is 6.92 Å². The van der Waals surface area contributed by atoms with Crippen LogP contribution in [0.25, 0.3) is 0 Å². The Bertz CT molecular complexity index is 266. The highest BCUT2D eigenvalue weighted by Crippen LogP contribution is 2.40. The van der Waals surface area contributed by atoms with Crippen LogP contribution in [0.1, 0.15) is 26.2 Å². The average Bonchev–Trinajstić information content (AvgIpc) is 2.44. The van der Waals surface area contributed by atoms with E-state index in [-0.39, 0.29) is 5.54 Å². The lowest BCUT2D eigenvalue weighted by Crippen LogP contribution is -2.71. The maximum Gasteiger partial charge on any atom is 0.0487 e. The van der Waals surface area contributed by atoms with Crippen molar-refractivity contribution < 1.29 is 0 Å². The topological polar surface area (TPSA) is 32.5 Å². The molecule has 0 aromatic heterocycles. The third kappa shape index (κ3) is 2.45. The van der Waals surface area contributed by atoms with E-state index in [4.69, 9.17) is 5.73 Å². The zero-order valence-electron chi connectivity index (χ0n) is 12.2. The summed E-state index contributed by atoms with van der Waals surface area (Å²) < 4.78 is 0. The molecular formula is C14H29N3S. The molecule has 0 spiro atoms. The number of likely N-dealkylation sites (N-methyl/N-ethyl adjacent to an activating group) is 1. The Balaban J connectivity index is 2.15. The van der Waals surface area contributed by atoms with Gasteiger partial charge in [0.2, 0.25) is 0 Å². The number of piperidine rings is 3. The third-order valence-electron chi connectivity index (χ3n) is 5.28. The Labute approximate surface area is 116 Å². The average molecular weight is 271 g/mol. The van der Waals surface area contributed by atoms with Gasteiger partial charge in [-0.15, -0.1) is 0 Å². The van der Waals surface area contributed by atoms with Crippen molar-refractivity contribution >= 4 is 11.8 Å². The van der Waals surface area contributed by atoms with Crippen LogP contribution < -0.4 is 5.73 Å². The normalized spacial score (nSPS) is 37.2. The number of nitrogens with two attached hydrogens (primary N) is 1. The van der Waals surface area contributed by atoms with E-state index in [0.717, 1.165) is 12.5 Å². The maximum atomic E-state index is 6.24. The second-order valence-electron chi connectivity index (χ2n) is 5.99. The Morgan fingerprint density at radius 1 is 1.44 bits per heavy atom. The van der Waals surface area contributed by atoms with E-state index in [2.05, 4.69) is 30.0 Å². The molecule has 0 radical (unpaired) electrons. The monoisotopic (exact) mass is 271 g/mol. The second kappa shape index (κ2) is 6.12. The van der Waals surface area contributed by atoms with Gasteiger partial charge in [-0.25, -0.2) is 0 Å². The minimum atomic E-state index is 0.243. The van der Waals surface area contributed by atoms with Gasteiger partial charge in [0, 0.05) is 30.4 Å². The quantitative estimate of drug-likeness (QED) is 0.793. The van der Waals surface area contributed by atoms with E-state index in [9.17, 15) is 0 Å². The van der Waals surface area contributed by atoms with Crippen LogP contribution in [0, 0.1) is 5.92 Å². The molecule has 2 unspecified atom stereocenters. The van der Waals surface area contributed by atoms with Crippen molar-refractivity contribution in [3.63, 3.8) is 0 Å². The van der Waals surface area contributed by atoms with Crippen LogP contribution in [-0.4, -0.2) is 66.6 Å². The second-order valence-corrected chi connectivity index (χ2v) is 6.90. The molecule has 3 rings (SSSR count). The molecule has 3 nitrogen and oxygen atoms in total. The maximum absolute atomic E-state index is 6.24. The lowest BCUT2D eigenvalue weighted by molar-refractivity contribution is -0.0700. The lowest BCUT2D eigenvalue weighted by atomic mass is 9.71. The zero-order valence-corrected chi connectivity index (χ0v) is 13.0. The van der Waals surface area contributed by atoms with Crippen molar-refractivity contribution in [2.45, 2.75) is 37.8 Å². The smallest absolute Gasteiger partial charge is 0.0487 e. The first-order valence-electron chi connectivity index (χ1n) is 7.32. The molecule has 3 heterocycles. The van der Waals surface area contributed by atoms with Gasteiger partial charge >= 0.3 is 0 Å². The standard InChI is InChI=1S/C14H29N3S/c1-4-13(9-18-3)16(2)14(10-15)11-17-7-5-12(14)6-8-17/h12-13H,4-11,15H2,1-3H3. The SMILES string of the molecule is CCC(CSC)N(C)C1(CN)CN2CCC1CC2. The van der Waals surface area contributed by atoms with Crippen LogP contribution in [0.3, 0.4) is 0 Å². The number of rotatable bonds is 6. The Hall–Kier alpha value is 0.230. The Morgan fingerprint density at radius 3 is 2.50 bits per heavy atom. The molecule has 106 valence electrons. The van der Waals surface area contributed by atoms with Crippen LogP contribution in [-0.2, 0) is 0 Å². The predicted molar refractivity (Wildman–Crippen MR) is 81.2 cm³/mol. The van der Waals surface area contributed by atoms with Crippen molar-refractivity contribution in [1.29, 1.82) is 0 Å². The van der Waals surface area contributed by atoms with Crippen LogP contribution in [0.4, 0.5) is 0 Å². The summed E-state index contributed by atoms with van der Waals surface area (Å²) in [7, 11) is 2.32. The van der Waals surface area contributed by atoms with E-state index in [1.54, 1.807) is 0 Å². The molecule has 0 aromatic carbocycles. The third-order valence-corrected chi connectivity index (χ3v) is 6.00. The van der Waals surface area contributed by atoms with Gasteiger partial charge in [0.1, 0.15) is 0 Å². The number of hydrogen-bond acceptors (Lipinski definition) is 4. The molecule has 0 saturated carbocycles. The number of hydrogen-bond donors (Lipinski definition) is 1. The molecule has 3 fully saturated rings. The van der Waals surface area contributed by atoms with Crippen molar-refractivity contribution in [2.24, 2.45) is 11.7 Å². The molecular weight excluding hydrogens is 242 g/mol. The van der Waals surface area contributed by atoms with Gasteiger partial charge in [-0.3, -0.25) is 4.90 Å². The summed E-state index contributed by atoms with van der Waals surface area (Å²) in [5.74, 6) is 2.04. The molecule has 0 amide bonds. The molecule has 3 aliphatic heterocycles. The first-order valence-corrected chi connectivity index (χ1v) is 8.71. The summed E-state index contributed by atoms with van der Waals surface area (Å²) in [6, 6.07) is 0.670. The Kier molecular flexibility index (Phi) is 4.98. The van der Waals surface area contributed by atoms with Crippen LogP contribution >= 0.6 is 11.8 Å². The zero-order chi connectivity index (χ0) is 13.2. The number of fused-ring (bicyclic) bond motifs is 3. The molecule has 18 heavy (non-hydrogen) atoms. The molecule has 4 heteroatoms. The van der Waals surface area contributed by atoms with Gasteiger partial charge in [0.25, 0.3) is 0 Å². The van der Waals surface area contributed by atoms with Crippen LogP contribution in [0.2, 0.25) is 0 Å². The van der Waals surface area contributed by atoms with E-state index >= 15 is 0 Å². The highest BCUT2D eigenvalue weighted by molar-refractivity contribution is 7.98. The highest BCUT2D eigenvalue weighted by atomic mass is 32.2. The van der Waals surface area contributed by atoms with Crippen molar-refractivity contribution in [3.8, 4) is 0 Å². The fourth-order valence-electron chi connectivity index (χ4n) is 3.98. The molecule has 0 aromatic rings. The van der Waals surface area contributed by atoms with Crippen LogP contribution in [0.15, 0.2) is 0 Å².